The Morgan fingerprint density at radius 3 is 2.67 bits per heavy atom. The first-order chi connectivity index (χ1) is 18.7. The topological polar surface area (TPSA) is 134 Å². The predicted molar refractivity (Wildman–Crippen MR) is 147 cm³/mol. The van der Waals surface area contributed by atoms with Crippen molar-refractivity contribution in [3.63, 3.8) is 0 Å². The molecular formula is C27H30N8O3S. The van der Waals surface area contributed by atoms with Crippen molar-refractivity contribution in [1.29, 1.82) is 0 Å². The van der Waals surface area contributed by atoms with Crippen LogP contribution in [-0.2, 0) is 23.0 Å². The number of hydrogen-bond acceptors (Lipinski definition) is 8. The molecule has 0 bridgehead atoms. The van der Waals surface area contributed by atoms with E-state index in [2.05, 4.69) is 45.7 Å². The standard InChI is InChI=1S/C27H30N8O3S/c1-17(2)33-16-24(25-10-18(3)34(32-25)8-9-36)23-14-29-21(12-26(23)33)11-20-6-7-28-27(31-20)19-13-30-35(15-19)39(37,38)22-4-5-22/h6-7,10,12-17,22,36H,4-5,8-9,11H2,1-3H3. The number of fused-ring (bicyclic) bond motifs is 1. The van der Waals surface area contributed by atoms with Gasteiger partial charge in [0.2, 0.25) is 0 Å². The Morgan fingerprint density at radius 1 is 1.10 bits per heavy atom. The zero-order valence-corrected chi connectivity index (χ0v) is 22.9. The summed E-state index contributed by atoms with van der Waals surface area (Å²) in [4.78, 5) is 13.8. The van der Waals surface area contributed by atoms with Gasteiger partial charge < -0.3 is 9.67 Å². The van der Waals surface area contributed by atoms with Gasteiger partial charge in [0.05, 0.1) is 53.3 Å². The largest absolute Gasteiger partial charge is 0.394 e. The molecule has 12 heteroatoms. The SMILES string of the molecule is Cc1cc(-c2cn(C(C)C)c3cc(Cc4ccnc(-c5cnn(S(=O)(=O)C6CC6)c5)n4)ncc23)nn1CCO. The predicted octanol–water partition coefficient (Wildman–Crippen LogP) is 3.37. The van der Waals surface area contributed by atoms with Crippen LogP contribution in [0.3, 0.4) is 0 Å². The van der Waals surface area contributed by atoms with E-state index in [1.165, 1.54) is 12.4 Å². The Balaban J connectivity index is 1.31. The van der Waals surface area contributed by atoms with Crippen LogP contribution in [0.15, 0.2) is 49.2 Å². The van der Waals surface area contributed by atoms with E-state index in [1.54, 1.807) is 6.20 Å². The van der Waals surface area contributed by atoms with Crippen molar-refractivity contribution in [2.24, 2.45) is 0 Å². The van der Waals surface area contributed by atoms with Crippen LogP contribution in [0.1, 0.15) is 49.8 Å². The second-order valence-electron chi connectivity index (χ2n) is 10.2. The molecule has 0 unspecified atom stereocenters. The van der Waals surface area contributed by atoms with Crippen LogP contribution in [0.4, 0.5) is 0 Å². The summed E-state index contributed by atoms with van der Waals surface area (Å²) < 4.78 is 30.1. The van der Waals surface area contributed by atoms with E-state index in [0.29, 0.717) is 37.2 Å². The number of rotatable bonds is 9. The van der Waals surface area contributed by atoms with E-state index < -0.39 is 10.0 Å². The highest BCUT2D eigenvalue weighted by atomic mass is 32.2. The molecular weight excluding hydrogens is 516 g/mol. The molecule has 1 saturated carbocycles. The molecule has 5 heterocycles. The maximum Gasteiger partial charge on any atom is 0.256 e. The fraction of sp³-hybridized carbons (Fsp3) is 0.370. The number of aliphatic hydroxyl groups is 1. The first-order valence-electron chi connectivity index (χ1n) is 13.0. The fourth-order valence-electron chi connectivity index (χ4n) is 4.77. The lowest BCUT2D eigenvalue weighted by Gasteiger charge is -2.10. The molecule has 0 radical (unpaired) electrons. The van der Waals surface area contributed by atoms with E-state index >= 15 is 0 Å². The second-order valence-corrected chi connectivity index (χ2v) is 12.3. The van der Waals surface area contributed by atoms with E-state index in [0.717, 1.165) is 43.3 Å². The molecule has 1 aliphatic carbocycles. The Kier molecular flexibility index (Phi) is 6.31. The van der Waals surface area contributed by atoms with Crippen LogP contribution in [0.25, 0.3) is 33.5 Å². The molecule has 5 aromatic heterocycles. The number of aliphatic hydroxyl groups excluding tert-OH is 1. The van der Waals surface area contributed by atoms with Crippen molar-refractivity contribution >= 4 is 20.9 Å². The van der Waals surface area contributed by atoms with Crippen molar-refractivity contribution in [2.45, 2.75) is 57.9 Å². The summed E-state index contributed by atoms with van der Waals surface area (Å²) in [5.41, 5.74) is 6.08. The highest BCUT2D eigenvalue weighted by Gasteiger charge is 2.37. The first-order valence-corrected chi connectivity index (χ1v) is 14.5. The minimum atomic E-state index is -3.45. The summed E-state index contributed by atoms with van der Waals surface area (Å²) in [5.74, 6) is 0.424. The van der Waals surface area contributed by atoms with E-state index in [1.807, 2.05) is 29.9 Å². The molecule has 6 rings (SSSR count). The Labute approximate surface area is 226 Å². The summed E-state index contributed by atoms with van der Waals surface area (Å²) in [5, 5.41) is 18.8. The zero-order valence-electron chi connectivity index (χ0n) is 22.1. The van der Waals surface area contributed by atoms with Gasteiger partial charge >= 0.3 is 0 Å². The lowest BCUT2D eigenvalue weighted by molar-refractivity contribution is 0.268. The molecule has 1 aliphatic rings. The number of aromatic nitrogens is 8. The van der Waals surface area contributed by atoms with Crippen LogP contribution >= 0.6 is 0 Å². The molecule has 0 aromatic carbocycles. The molecule has 39 heavy (non-hydrogen) atoms. The van der Waals surface area contributed by atoms with Gasteiger partial charge in [0.25, 0.3) is 10.0 Å². The molecule has 0 saturated heterocycles. The van der Waals surface area contributed by atoms with Gasteiger partial charge in [-0.3, -0.25) is 9.67 Å². The van der Waals surface area contributed by atoms with Crippen LogP contribution in [0.5, 0.6) is 0 Å². The molecule has 0 aliphatic heterocycles. The van der Waals surface area contributed by atoms with Crippen LogP contribution in [0.2, 0.25) is 0 Å². The number of pyridine rings is 1. The molecule has 0 atom stereocenters. The summed E-state index contributed by atoms with van der Waals surface area (Å²) in [6.45, 7) is 6.75. The summed E-state index contributed by atoms with van der Waals surface area (Å²) in [7, 11) is -3.45. The van der Waals surface area contributed by atoms with Gasteiger partial charge in [-0.2, -0.15) is 14.3 Å². The minimum Gasteiger partial charge on any atom is -0.394 e. The number of hydrogen-bond donors (Lipinski definition) is 1. The van der Waals surface area contributed by atoms with Crippen LogP contribution in [0, 0.1) is 6.92 Å². The highest BCUT2D eigenvalue weighted by molar-refractivity contribution is 7.90. The molecule has 202 valence electrons. The van der Waals surface area contributed by atoms with Gasteiger partial charge in [-0.1, -0.05) is 0 Å². The second kappa shape index (κ2) is 9.69. The van der Waals surface area contributed by atoms with E-state index in [-0.39, 0.29) is 17.9 Å². The monoisotopic (exact) mass is 546 g/mol. The lowest BCUT2D eigenvalue weighted by Crippen LogP contribution is -2.17. The summed E-state index contributed by atoms with van der Waals surface area (Å²) in [6, 6.07) is 6.18. The lowest BCUT2D eigenvalue weighted by atomic mass is 10.1. The molecule has 0 amide bonds. The minimum absolute atomic E-state index is 0.0350. The van der Waals surface area contributed by atoms with Crippen molar-refractivity contribution < 1.29 is 13.5 Å². The molecule has 5 aromatic rings. The summed E-state index contributed by atoms with van der Waals surface area (Å²) in [6.07, 6.45) is 10.5. The first kappa shape index (κ1) is 25.4. The Hall–Kier alpha value is -3.90. The molecule has 1 N–H and O–H groups in total. The number of nitrogens with zero attached hydrogens (tertiary/aromatic N) is 8. The normalized spacial score (nSPS) is 14.1. The highest BCUT2D eigenvalue weighted by Crippen LogP contribution is 2.33. The van der Waals surface area contributed by atoms with Gasteiger partial charge in [-0.25, -0.2) is 18.4 Å². The zero-order chi connectivity index (χ0) is 27.3. The van der Waals surface area contributed by atoms with Crippen LogP contribution < -0.4 is 0 Å². The summed E-state index contributed by atoms with van der Waals surface area (Å²) >= 11 is 0. The average Bonchev–Trinajstić information content (AvgIpc) is 3.37. The Bertz CT molecular complexity index is 1780. The quantitative estimate of drug-likeness (QED) is 0.297. The number of aryl methyl sites for hydroxylation is 1. The van der Waals surface area contributed by atoms with Crippen molar-refractivity contribution in [1.82, 2.24) is 38.5 Å². The van der Waals surface area contributed by atoms with Gasteiger partial charge in [-0.15, -0.1) is 0 Å². The smallest absolute Gasteiger partial charge is 0.256 e. The maximum atomic E-state index is 12.5. The van der Waals surface area contributed by atoms with Gasteiger partial charge in [-0.05, 0) is 51.8 Å². The third-order valence-electron chi connectivity index (χ3n) is 7.00. The van der Waals surface area contributed by atoms with Crippen molar-refractivity contribution in [2.75, 3.05) is 6.61 Å². The molecule has 0 spiro atoms. The molecule has 1 fully saturated rings. The van der Waals surface area contributed by atoms with E-state index in [9.17, 15) is 13.5 Å². The Morgan fingerprint density at radius 2 is 1.92 bits per heavy atom. The van der Waals surface area contributed by atoms with Crippen molar-refractivity contribution in [3.05, 3.63) is 66.3 Å². The third-order valence-corrected chi connectivity index (χ3v) is 9.04. The van der Waals surface area contributed by atoms with Crippen LogP contribution in [-0.4, -0.2) is 63.9 Å². The fourth-order valence-corrected chi connectivity index (χ4v) is 6.25. The van der Waals surface area contributed by atoms with Gasteiger partial charge in [0.1, 0.15) is 0 Å². The van der Waals surface area contributed by atoms with Crippen molar-refractivity contribution in [3.8, 4) is 22.6 Å². The third kappa shape index (κ3) is 4.74. The average molecular weight is 547 g/mol. The van der Waals surface area contributed by atoms with E-state index in [4.69, 9.17) is 10.1 Å². The van der Waals surface area contributed by atoms with Gasteiger partial charge in [0, 0.05) is 53.4 Å². The van der Waals surface area contributed by atoms with Gasteiger partial charge in [0.15, 0.2) is 5.82 Å². The molecule has 11 nitrogen and oxygen atoms in total. The maximum absolute atomic E-state index is 12.5.